The van der Waals surface area contributed by atoms with E-state index in [1.807, 2.05) is 19.1 Å². The van der Waals surface area contributed by atoms with Crippen LogP contribution in [0.1, 0.15) is 6.92 Å². The maximum absolute atomic E-state index is 8.09. The molecule has 0 amide bonds. The Kier molecular flexibility index (Phi) is 4.66. The molecular weight excluding hydrogens is 290 g/mol. The molecule has 2 heterocycles. The molecule has 21 heavy (non-hydrogen) atoms. The van der Waals surface area contributed by atoms with E-state index in [0.29, 0.717) is 28.5 Å². The zero-order valence-electron chi connectivity index (χ0n) is 11.5. The molecule has 0 saturated heterocycles. The molecule has 0 bridgehead atoms. The Balaban J connectivity index is 2.41. The molecule has 0 radical (unpaired) electrons. The Morgan fingerprint density at radius 2 is 2.33 bits per heavy atom. The second-order valence-electron chi connectivity index (χ2n) is 4.47. The summed E-state index contributed by atoms with van der Waals surface area (Å²) in [5.74, 6) is 0.343. The summed E-state index contributed by atoms with van der Waals surface area (Å²) in [5.41, 5.74) is 6.61. The highest BCUT2D eigenvalue weighted by atomic mass is 35.5. The molecule has 8 heteroatoms. The largest absolute Gasteiger partial charge is 0.363 e. The second-order valence-corrected chi connectivity index (χ2v) is 4.91. The fourth-order valence-corrected chi connectivity index (χ4v) is 1.93. The number of halogens is 1. The minimum atomic E-state index is -0.0258. The summed E-state index contributed by atoms with van der Waals surface area (Å²) < 4.78 is 1.36. The minimum absolute atomic E-state index is 0.0258. The van der Waals surface area contributed by atoms with Crippen LogP contribution in [0.25, 0.3) is 11.2 Å². The van der Waals surface area contributed by atoms with Gasteiger partial charge in [-0.05, 0) is 13.0 Å². The van der Waals surface area contributed by atoms with Crippen LogP contribution in [-0.4, -0.2) is 33.5 Å². The van der Waals surface area contributed by atoms with Crippen LogP contribution in [0.15, 0.2) is 24.4 Å². The van der Waals surface area contributed by atoms with Gasteiger partial charge in [-0.3, -0.25) is 15.4 Å². The van der Waals surface area contributed by atoms with Crippen LogP contribution in [0.5, 0.6) is 0 Å². The zero-order valence-corrected chi connectivity index (χ0v) is 12.2. The summed E-state index contributed by atoms with van der Waals surface area (Å²) in [5, 5.41) is 19.0. The van der Waals surface area contributed by atoms with Crippen LogP contribution in [-0.2, 0) is 0 Å². The fourth-order valence-electron chi connectivity index (χ4n) is 1.77. The summed E-state index contributed by atoms with van der Waals surface area (Å²) in [4.78, 5) is 8.40. The van der Waals surface area contributed by atoms with E-state index in [1.54, 1.807) is 6.07 Å². The molecule has 1 unspecified atom stereocenters. The topological polar surface area (TPSA) is 116 Å². The third-order valence-electron chi connectivity index (χ3n) is 2.71. The van der Waals surface area contributed by atoms with Crippen LogP contribution in [0.4, 0.5) is 5.82 Å². The van der Waals surface area contributed by atoms with Gasteiger partial charge in [-0.15, -0.1) is 0 Å². The van der Waals surface area contributed by atoms with E-state index in [0.717, 1.165) is 6.34 Å². The lowest BCUT2D eigenvalue weighted by Gasteiger charge is -2.10. The molecule has 2 aromatic rings. The highest BCUT2D eigenvalue weighted by Crippen LogP contribution is 2.14. The Labute approximate surface area is 126 Å². The number of nitrogens with two attached hydrogens (primary N) is 1. The van der Waals surface area contributed by atoms with Crippen molar-refractivity contribution < 1.29 is 0 Å². The summed E-state index contributed by atoms with van der Waals surface area (Å²) in [6.07, 6.45) is 6.22. The maximum atomic E-state index is 8.09. The molecule has 0 aliphatic rings. The minimum Gasteiger partial charge on any atom is -0.363 e. The normalized spacial score (nSPS) is 12.7. The predicted octanol–water partition coefficient (Wildman–Crippen LogP) is 1.33. The van der Waals surface area contributed by atoms with Gasteiger partial charge < -0.3 is 11.1 Å². The van der Waals surface area contributed by atoms with Crippen molar-refractivity contribution >= 4 is 34.9 Å². The Morgan fingerprint density at radius 3 is 3.00 bits per heavy atom. The first-order valence-corrected chi connectivity index (χ1v) is 6.70. The fraction of sp³-hybridized carbons (Fsp3) is 0.231. The monoisotopic (exact) mass is 305 g/mol. The first-order valence-electron chi connectivity index (χ1n) is 6.32. The lowest BCUT2D eigenvalue weighted by Crippen LogP contribution is -2.25. The van der Waals surface area contributed by atoms with Crippen molar-refractivity contribution in [3.05, 3.63) is 34.9 Å². The van der Waals surface area contributed by atoms with E-state index >= 15 is 0 Å². The first-order chi connectivity index (χ1) is 10.0. The number of nitrogens with one attached hydrogen (secondary N) is 3. The molecule has 7 nitrogen and oxygen atoms in total. The lowest BCUT2D eigenvalue weighted by atomic mass is 10.3. The van der Waals surface area contributed by atoms with Crippen LogP contribution < -0.4 is 16.5 Å². The van der Waals surface area contributed by atoms with Gasteiger partial charge in [0.25, 0.3) is 0 Å². The van der Waals surface area contributed by atoms with Crippen molar-refractivity contribution in [3.8, 4) is 0 Å². The van der Waals surface area contributed by atoms with Gasteiger partial charge in [0.05, 0.1) is 16.9 Å². The molecule has 0 fully saturated rings. The van der Waals surface area contributed by atoms with Gasteiger partial charge >= 0.3 is 0 Å². The van der Waals surface area contributed by atoms with Gasteiger partial charge in [-0.1, -0.05) is 23.8 Å². The SMILES string of the molecule is CC(N)C=CCNc1nc2ncc(Cl)cc2n(C=N)c1=N. The quantitative estimate of drug-likeness (QED) is 0.379. The molecule has 2 rings (SSSR count). The highest BCUT2D eigenvalue weighted by Gasteiger charge is 2.08. The smallest absolute Gasteiger partial charge is 0.178 e. The number of pyridine rings is 1. The van der Waals surface area contributed by atoms with Crippen LogP contribution >= 0.6 is 11.6 Å². The summed E-state index contributed by atoms with van der Waals surface area (Å²) >= 11 is 5.90. The van der Waals surface area contributed by atoms with Crippen LogP contribution in [0, 0.1) is 10.8 Å². The predicted molar refractivity (Wildman–Crippen MR) is 83.9 cm³/mol. The molecular formula is C13H16ClN7. The van der Waals surface area contributed by atoms with Crippen molar-refractivity contribution in [2.24, 2.45) is 5.73 Å². The number of anilines is 1. The van der Waals surface area contributed by atoms with Crippen molar-refractivity contribution in [1.82, 2.24) is 14.5 Å². The molecule has 1 atom stereocenters. The number of hydrogen-bond acceptors (Lipinski definition) is 6. The molecule has 0 saturated carbocycles. The molecule has 0 aliphatic carbocycles. The van der Waals surface area contributed by atoms with E-state index in [9.17, 15) is 0 Å². The zero-order chi connectivity index (χ0) is 15.4. The molecule has 0 spiro atoms. The second kappa shape index (κ2) is 6.47. The Bertz CT molecular complexity index is 748. The number of nitrogens with zero attached hydrogens (tertiary/aromatic N) is 3. The van der Waals surface area contributed by atoms with Gasteiger partial charge in [0.1, 0.15) is 0 Å². The molecule has 0 aromatic carbocycles. The Morgan fingerprint density at radius 1 is 1.57 bits per heavy atom. The molecule has 110 valence electrons. The molecule has 2 aromatic heterocycles. The number of rotatable bonds is 5. The number of hydrogen-bond donors (Lipinski definition) is 4. The third kappa shape index (κ3) is 3.45. The maximum Gasteiger partial charge on any atom is 0.178 e. The standard InChI is InChI=1S/C13H16ClN7/c1-8(16)3-2-4-18-13-11(17)21(7-15)10-5-9(14)6-19-12(10)20-13/h2-3,5-8,15,17H,4,16H2,1H3,(H,18,19,20). The van der Waals surface area contributed by atoms with Gasteiger partial charge in [0.2, 0.25) is 0 Å². The molecule has 0 aliphatic heterocycles. The first kappa shape index (κ1) is 15.1. The number of aromatic nitrogens is 3. The van der Waals surface area contributed by atoms with Crippen LogP contribution in [0.2, 0.25) is 5.02 Å². The third-order valence-corrected chi connectivity index (χ3v) is 2.92. The van der Waals surface area contributed by atoms with E-state index in [2.05, 4.69) is 15.3 Å². The van der Waals surface area contributed by atoms with E-state index in [-0.39, 0.29) is 11.5 Å². The summed E-state index contributed by atoms with van der Waals surface area (Å²) in [7, 11) is 0. The lowest BCUT2D eigenvalue weighted by molar-refractivity contribution is 0.921. The molecule has 5 N–H and O–H groups in total. The Hall–Kier alpha value is -2.25. The van der Waals surface area contributed by atoms with E-state index in [4.69, 9.17) is 28.2 Å². The van der Waals surface area contributed by atoms with Gasteiger partial charge in [0, 0.05) is 18.8 Å². The summed E-state index contributed by atoms with van der Waals surface area (Å²) in [6, 6.07) is 1.60. The number of fused-ring (bicyclic) bond motifs is 1. The average molecular weight is 306 g/mol. The average Bonchev–Trinajstić information content (AvgIpc) is 2.44. The van der Waals surface area contributed by atoms with Gasteiger partial charge in [0.15, 0.2) is 17.0 Å². The van der Waals surface area contributed by atoms with E-state index < -0.39 is 0 Å². The van der Waals surface area contributed by atoms with E-state index in [1.165, 1.54) is 10.8 Å². The van der Waals surface area contributed by atoms with Crippen molar-refractivity contribution in [1.29, 1.82) is 10.8 Å². The van der Waals surface area contributed by atoms with Gasteiger partial charge in [-0.25, -0.2) is 9.97 Å². The van der Waals surface area contributed by atoms with Crippen molar-refractivity contribution in [3.63, 3.8) is 0 Å². The van der Waals surface area contributed by atoms with Crippen molar-refractivity contribution in [2.75, 3.05) is 11.9 Å². The van der Waals surface area contributed by atoms with Gasteiger partial charge in [-0.2, -0.15) is 0 Å². The summed E-state index contributed by atoms with van der Waals surface area (Å²) in [6.45, 7) is 2.36. The van der Waals surface area contributed by atoms with Crippen LogP contribution in [0.3, 0.4) is 0 Å². The highest BCUT2D eigenvalue weighted by molar-refractivity contribution is 6.31. The van der Waals surface area contributed by atoms with Crippen molar-refractivity contribution in [2.45, 2.75) is 13.0 Å².